The minimum atomic E-state index is -0.997. The third-order valence-electron chi connectivity index (χ3n) is 7.86. The molecule has 43 heavy (non-hydrogen) atoms. The Bertz CT molecular complexity index is 1660. The van der Waals surface area contributed by atoms with Gasteiger partial charge in [-0.05, 0) is 47.2 Å². The third-order valence-corrected chi connectivity index (χ3v) is 7.86. The molecule has 0 saturated carbocycles. The maximum atomic E-state index is 14.5. The highest BCUT2D eigenvalue weighted by Gasteiger charge is 2.39. The van der Waals surface area contributed by atoms with E-state index in [1.807, 2.05) is 30.3 Å². The highest BCUT2D eigenvalue weighted by molar-refractivity contribution is 6.15. The third kappa shape index (κ3) is 6.55. The highest BCUT2D eigenvalue weighted by Crippen LogP contribution is 2.30. The Kier molecular flexibility index (Phi) is 9.08. The van der Waals surface area contributed by atoms with Gasteiger partial charge in [-0.2, -0.15) is 5.26 Å². The molecule has 2 atom stereocenters. The molecule has 0 aromatic heterocycles. The van der Waals surface area contributed by atoms with Gasteiger partial charge in [0.25, 0.3) is 5.91 Å². The Labute approximate surface area is 251 Å². The van der Waals surface area contributed by atoms with Gasteiger partial charge in [-0.3, -0.25) is 14.5 Å². The van der Waals surface area contributed by atoms with Crippen molar-refractivity contribution >= 4 is 11.7 Å². The lowest BCUT2D eigenvalue weighted by Crippen LogP contribution is -2.41. The summed E-state index contributed by atoms with van der Waals surface area (Å²) in [7, 11) is 0. The molecule has 5 rings (SSSR count). The summed E-state index contributed by atoms with van der Waals surface area (Å²) in [6, 6.07) is 28.9. The second-order valence-corrected chi connectivity index (χ2v) is 11.3. The predicted molar refractivity (Wildman–Crippen MR) is 162 cm³/mol. The molecule has 1 fully saturated rings. The molecule has 0 bridgehead atoms. The highest BCUT2D eigenvalue weighted by atomic mass is 19.1. The van der Waals surface area contributed by atoms with Crippen molar-refractivity contribution in [2.45, 2.75) is 38.9 Å². The van der Waals surface area contributed by atoms with Crippen molar-refractivity contribution in [3.05, 3.63) is 131 Å². The van der Waals surface area contributed by atoms with Crippen molar-refractivity contribution in [2.24, 2.45) is 5.92 Å². The van der Waals surface area contributed by atoms with Crippen LogP contribution in [0.25, 0.3) is 11.1 Å². The van der Waals surface area contributed by atoms with Crippen molar-refractivity contribution < 1.29 is 18.4 Å². The number of hydrogen-bond acceptors (Lipinski definition) is 4. The van der Waals surface area contributed by atoms with Crippen LogP contribution in [0.4, 0.5) is 8.78 Å². The average Bonchev–Trinajstić information content (AvgIpc) is 3.45. The van der Waals surface area contributed by atoms with Gasteiger partial charge in [0.1, 0.15) is 17.7 Å². The van der Waals surface area contributed by atoms with Crippen LogP contribution in [0.2, 0.25) is 0 Å². The van der Waals surface area contributed by atoms with Gasteiger partial charge in [0.05, 0.1) is 17.2 Å². The number of carbonyl (C=O) groups is 2. The Balaban J connectivity index is 1.43. The summed E-state index contributed by atoms with van der Waals surface area (Å²) in [4.78, 5) is 31.1. The quantitative estimate of drug-likeness (QED) is 0.199. The number of halogens is 2. The van der Waals surface area contributed by atoms with Crippen LogP contribution in [0.5, 0.6) is 0 Å². The maximum absolute atomic E-state index is 14.5. The summed E-state index contributed by atoms with van der Waals surface area (Å²) in [5.74, 6) is -2.63. The Morgan fingerprint density at radius 1 is 0.907 bits per heavy atom. The molecule has 0 aliphatic carbocycles. The van der Waals surface area contributed by atoms with Crippen LogP contribution in [0.1, 0.15) is 52.1 Å². The standard InChI is InChI=1S/C36H33F2N3O2/c1-24(2)21-40(22-26-12-6-7-13-30(26)25-10-4-3-5-11-25)29-19-28(20-39)41(23-29)36(43)32-15-9-8-14-31(32)35(42)33-17-16-27(37)18-34(33)38/h3-18,24,28-29H,19,21-23H2,1-2H3/t28-,29?/m0/s1. The van der Waals surface area contributed by atoms with Gasteiger partial charge in [0, 0.05) is 37.3 Å². The number of nitriles is 1. The normalized spacial score (nSPS) is 16.4. The fourth-order valence-electron chi connectivity index (χ4n) is 5.85. The lowest BCUT2D eigenvalue weighted by atomic mass is 9.97. The van der Waals surface area contributed by atoms with Crippen LogP contribution in [0.15, 0.2) is 97.1 Å². The molecule has 218 valence electrons. The van der Waals surface area contributed by atoms with E-state index in [0.29, 0.717) is 31.5 Å². The lowest BCUT2D eigenvalue weighted by Gasteiger charge is -2.31. The topological polar surface area (TPSA) is 64.4 Å². The van der Waals surface area contributed by atoms with Crippen molar-refractivity contribution in [1.29, 1.82) is 5.26 Å². The maximum Gasteiger partial charge on any atom is 0.255 e. The summed E-state index contributed by atoms with van der Waals surface area (Å²) in [5, 5.41) is 10.1. The predicted octanol–water partition coefficient (Wildman–Crippen LogP) is 7.13. The van der Waals surface area contributed by atoms with Gasteiger partial charge < -0.3 is 4.90 Å². The van der Waals surface area contributed by atoms with E-state index in [4.69, 9.17) is 0 Å². The van der Waals surface area contributed by atoms with Gasteiger partial charge >= 0.3 is 0 Å². The van der Waals surface area contributed by atoms with Crippen molar-refractivity contribution in [3.8, 4) is 17.2 Å². The fourth-order valence-corrected chi connectivity index (χ4v) is 5.85. The first-order chi connectivity index (χ1) is 20.8. The van der Waals surface area contributed by atoms with Crippen molar-refractivity contribution in [1.82, 2.24) is 9.80 Å². The van der Waals surface area contributed by atoms with Crippen LogP contribution in [0.3, 0.4) is 0 Å². The van der Waals surface area contributed by atoms with E-state index >= 15 is 0 Å². The Morgan fingerprint density at radius 3 is 2.28 bits per heavy atom. The Hall–Kier alpha value is -4.67. The average molecular weight is 578 g/mol. The van der Waals surface area contributed by atoms with Gasteiger partial charge in [-0.25, -0.2) is 8.78 Å². The van der Waals surface area contributed by atoms with Gasteiger partial charge in [-0.1, -0.05) is 86.6 Å². The first-order valence-corrected chi connectivity index (χ1v) is 14.4. The van der Waals surface area contributed by atoms with Gasteiger partial charge in [-0.15, -0.1) is 0 Å². The summed E-state index contributed by atoms with van der Waals surface area (Å²) in [6.07, 6.45) is 0.463. The molecule has 1 heterocycles. The number of benzene rings is 4. The summed E-state index contributed by atoms with van der Waals surface area (Å²) < 4.78 is 28.0. The molecule has 5 nitrogen and oxygen atoms in total. The van der Waals surface area contributed by atoms with Crippen LogP contribution in [0, 0.1) is 28.9 Å². The van der Waals surface area contributed by atoms with Crippen molar-refractivity contribution in [2.75, 3.05) is 13.1 Å². The second kappa shape index (κ2) is 13.1. The molecule has 0 spiro atoms. The summed E-state index contributed by atoms with van der Waals surface area (Å²) in [6.45, 7) is 6.02. The van der Waals surface area contributed by atoms with E-state index in [0.717, 1.165) is 35.4 Å². The molecular weight excluding hydrogens is 544 g/mol. The van der Waals surface area contributed by atoms with E-state index in [1.54, 1.807) is 12.1 Å². The zero-order chi connectivity index (χ0) is 30.5. The van der Waals surface area contributed by atoms with Crippen molar-refractivity contribution in [3.63, 3.8) is 0 Å². The fraction of sp³-hybridized carbons (Fsp3) is 0.250. The number of carbonyl (C=O) groups excluding carboxylic acids is 2. The van der Waals surface area contributed by atoms with E-state index in [-0.39, 0.29) is 22.7 Å². The van der Waals surface area contributed by atoms with E-state index in [9.17, 15) is 23.6 Å². The summed E-state index contributed by atoms with van der Waals surface area (Å²) >= 11 is 0. The van der Waals surface area contributed by atoms with Gasteiger partial charge in [0.15, 0.2) is 5.78 Å². The number of hydrogen-bond donors (Lipinski definition) is 0. The van der Waals surface area contributed by atoms with Crippen LogP contribution in [-0.2, 0) is 6.54 Å². The van der Waals surface area contributed by atoms with Crippen LogP contribution >= 0.6 is 0 Å². The zero-order valence-corrected chi connectivity index (χ0v) is 24.2. The van der Waals surface area contributed by atoms with Gasteiger partial charge in [0.2, 0.25) is 0 Å². The molecule has 4 aromatic rings. The number of nitrogens with zero attached hydrogens (tertiary/aromatic N) is 3. The largest absolute Gasteiger partial charge is 0.321 e. The minimum absolute atomic E-state index is 0.00831. The molecule has 1 unspecified atom stereocenters. The molecule has 7 heteroatoms. The molecular formula is C36H33F2N3O2. The molecule has 1 aliphatic heterocycles. The second-order valence-electron chi connectivity index (χ2n) is 11.3. The van der Waals surface area contributed by atoms with Crippen LogP contribution in [-0.4, -0.2) is 46.7 Å². The van der Waals surface area contributed by atoms with E-state index < -0.39 is 29.4 Å². The number of likely N-dealkylation sites (tertiary alicyclic amines) is 1. The molecule has 1 amide bonds. The molecule has 0 radical (unpaired) electrons. The zero-order valence-electron chi connectivity index (χ0n) is 24.2. The number of ketones is 1. The summed E-state index contributed by atoms with van der Waals surface area (Å²) in [5.41, 5.74) is 3.19. The first kappa shape index (κ1) is 29.8. The van der Waals surface area contributed by atoms with E-state index in [2.05, 4.69) is 49.1 Å². The smallest absolute Gasteiger partial charge is 0.255 e. The first-order valence-electron chi connectivity index (χ1n) is 14.4. The van der Waals surface area contributed by atoms with Crippen LogP contribution < -0.4 is 0 Å². The minimum Gasteiger partial charge on any atom is -0.321 e. The molecule has 0 N–H and O–H groups in total. The molecule has 1 aliphatic rings. The lowest BCUT2D eigenvalue weighted by molar-refractivity contribution is 0.0743. The SMILES string of the molecule is CC(C)CN(Cc1ccccc1-c1ccccc1)C1C[C@@H](C#N)N(C(=O)c2ccccc2C(=O)c2ccc(F)cc2F)C1. The van der Waals surface area contributed by atoms with E-state index in [1.165, 1.54) is 17.0 Å². The number of amides is 1. The monoisotopic (exact) mass is 577 g/mol. The number of rotatable bonds is 9. The Morgan fingerprint density at radius 2 is 1.58 bits per heavy atom. The molecule has 4 aromatic carbocycles. The molecule has 1 saturated heterocycles.